The molecule has 2 aromatic rings. The highest BCUT2D eigenvalue weighted by molar-refractivity contribution is 6.30. The van der Waals surface area contributed by atoms with Crippen LogP contribution < -0.4 is 10.6 Å². The SMILES string of the molecule is CCOC(=O)C1=C(N)N(c2ccccc2)C(=O)C(C(C)=O)C1c1ccc(Cl)cc1. The molecule has 1 aliphatic heterocycles. The van der Waals surface area contributed by atoms with Gasteiger partial charge in [-0.25, -0.2) is 4.79 Å². The maximum atomic E-state index is 13.4. The molecule has 0 aromatic heterocycles. The Balaban J connectivity index is 2.27. The molecule has 0 saturated heterocycles. The van der Waals surface area contributed by atoms with Crippen LogP contribution in [0.4, 0.5) is 5.69 Å². The summed E-state index contributed by atoms with van der Waals surface area (Å²) in [6.45, 7) is 3.14. The summed E-state index contributed by atoms with van der Waals surface area (Å²) >= 11 is 5.99. The van der Waals surface area contributed by atoms with Crippen molar-refractivity contribution >= 4 is 34.9 Å². The molecule has 150 valence electrons. The zero-order chi connectivity index (χ0) is 21.1. The number of ketones is 1. The van der Waals surface area contributed by atoms with E-state index in [0.29, 0.717) is 16.3 Å². The number of hydrogen-bond acceptors (Lipinski definition) is 5. The second kappa shape index (κ2) is 8.49. The van der Waals surface area contributed by atoms with Crippen LogP contribution in [0, 0.1) is 5.92 Å². The first kappa shape index (κ1) is 20.6. The number of hydrogen-bond donors (Lipinski definition) is 1. The third kappa shape index (κ3) is 3.89. The molecule has 2 atom stereocenters. The van der Waals surface area contributed by atoms with Gasteiger partial charge in [-0.3, -0.25) is 14.5 Å². The minimum Gasteiger partial charge on any atom is -0.463 e. The lowest BCUT2D eigenvalue weighted by Crippen LogP contribution is -2.50. The summed E-state index contributed by atoms with van der Waals surface area (Å²) in [4.78, 5) is 40.0. The van der Waals surface area contributed by atoms with Crippen molar-refractivity contribution in [2.24, 2.45) is 11.7 Å². The summed E-state index contributed by atoms with van der Waals surface area (Å²) in [5, 5.41) is 0.496. The molecule has 29 heavy (non-hydrogen) atoms. The third-order valence-electron chi connectivity index (χ3n) is 4.82. The van der Waals surface area contributed by atoms with Gasteiger partial charge in [0.05, 0.1) is 17.9 Å². The first-order chi connectivity index (χ1) is 13.9. The number of Topliss-reactive ketones (excluding diaryl/α,β-unsaturated/α-hetero) is 1. The van der Waals surface area contributed by atoms with Gasteiger partial charge in [0, 0.05) is 10.9 Å². The van der Waals surface area contributed by atoms with E-state index >= 15 is 0 Å². The van der Waals surface area contributed by atoms with Crippen LogP contribution in [0.1, 0.15) is 25.3 Å². The van der Waals surface area contributed by atoms with Crippen LogP contribution in [-0.4, -0.2) is 24.3 Å². The summed E-state index contributed by atoms with van der Waals surface area (Å²) in [5.41, 5.74) is 7.48. The van der Waals surface area contributed by atoms with Gasteiger partial charge in [-0.15, -0.1) is 0 Å². The van der Waals surface area contributed by atoms with E-state index in [0.717, 1.165) is 0 Å². The van der Waals surface area contributed by atoms with Crippen molar-refractivity contribution < 1.29 is 19.1 Å². The molecule has 0 radical (unpaired) electrons. The summed E-state index contributed by atoms with van der Waals surface area (Å²) in [6, 6.07) is 15.3. The number of para-hydroxylation sites is 1. The third-order valence-corrected chi connectivity index (χ3v) is 5.08. The predicted octanol–water partition coefficient (Wildman–Crippen LogP) is 3.41. The number of nitrogens with zero attached hydrogens (tertiary/aromatic N) is 1. The number of halogens is 1. The van der Waals surface area contributed by atoms with Crippen LogP contribution in [0.2, 0.25) is 5.02 Å². The van der Waals surface area contributed by atoms with Crippen molar-refractivity contribution in [2.75, 3.05) is 11.5 Å². The number of ether oxygens (including phenoxy) is 1. The highest BCUT2D eigenvalue weighted by atomic mass is 35.5. The van der Waals surface area contributed by atoms with Crippen molar-refractivity contribution in [3.05, 3.63) is 76.6 Å². The van der Waals surface area contributed by atoms with E-state index in [9.17, 15) is 14.4 Å². The smallest absolute Gasteiger partial charge is 0.338 e. The summed E-state index contributed by atoms with van der Waals surface area (Å²) in [5.74, 6) is -3.56. The quantitative estimate of drug-likeness (QED) is 0.600. The Kier molecular flexibility index (Phi) is 6.03. The average Bonchev–Trinajstić information content (AvgIpc) is 2.69. The number of benzene rings is 2. The minimum absolute atomic E-state index is 0.0444. The van der Waals surface area contributed by atoms with Crippen LogP contribution >= 0.6 is 11.6 Å². The van der Waals surface area contributed by atoms with Crippen molar-refractivity contribution in [1.82, 2.24) is 0 Å². The van der Waals surface area contributed by atoms with Gasteiger partial charge in [-0.2, -0.15) is 0 Å². The fraction of sp³-hybridized carbons (Fsp3) is 0.227. The zero-order valence-corrected chi connectivity index (χ0v) is 16.8. The van der Waals surface area contributed by atoms with Gasteiger partial charge in [-0.1, -0.05) is 41.9 Å². The van der Waals surface area contributed by atoms with E-state index in [2.05, 4.69) is 0 Å². The molecule has 0 saturated carbocycles. The number of anilines is 1. The molecular weight excluding hydrogens is 392 g/mol. The first-order valence-electron chi connectivity index (χ1n) is 9.18. The molecule has 2 aromatic carbocycles. The molecule has 2 N–H and O–H groups in total. The largest absolute Gasteiger partial charge is 0.463 e. The molecule has 0 bridgehead atoms. The number of carbonyl (C=O) groups is 3. The molecule has 3 rings (SSSR count). The fourth-order valence-corrected chi connectivity index (χ4v) is 3.69. The Morgan fingerprint density at radius 3 is 2.28 bits per heavy atom. The Morgan fingerprint density at radius 2 is 1.72 bits per heavy atom. The number of rotatable bonds is 5. The fourth-order valence-electron chi connectivity index (χ4n) is 3.57. The lowest BCUT2D eigenvalue weighted by Gasteiger charge is -2.38. The highest BCUT2D eigenvalue weighted by Crippen LogP contribution is 2.42. The van der Waals surface area contributed by atoms with Crippen LogP contribution in [-0.2, 0) is 19.1 Å². The van der Waals surface area contributed by atoms with E-state index in [-0.39, 0.29) is 23.8 Å². The maximum absolute atomic E-state index is 13.4. The van der Waals surface area contributed by atoms with Gasteiger partial charge in [-0.05, 0) is 43.7 Å². The topological polar surface area (TPSA) is 89.7 Å². The second-order valence-corrected chi connectivity index (χ2v) is 7.08. The number of amides is 1. The zero-order valence-electron chi connectivity index (χ0n) is 16.1. The van der Waals surface area contributed by atoms with Crippen molar-refractivity contribution in [2.45, 2.75) is 19.8 Å². The lowest BCUT2D eigenvalue weighted by molar-refractivity contribution is -0.139. The Bertz CT molecular complexity index is 970. The Labute approximate surface area is 173 Å². The van der Waals surface area contributed by atoms with Crippen molar-refractivity contribution in [1.29, 1.82) is 0 Å². The molecule has 1 amide bonds. The second-order valence-electron chi connectivity index (χ2n) is 6.65. The monoisotopic (exact) mass is 412 g/mol. The Morgan fingerprint density at radius 1 is 1.10 bits per heavy atom. The van der Waals surface area contributed by atoms with Gasteiger partial charge >= 0.3 is 5.97 Å². The Hall–Kier alpha value is -3.12. The van der Waals surface area contributed by atoms with E-state index in [4.69, 9.17) is 22.1 Å². The van der Waals surface area contributed by atoms with E-state index in [1.807, 2.05) is 0 Å². The average molecular weight is 413 g/mol. The minimum atomic E-state index is -1.12. The molecule has 0 aliphatic carbocycles. The summed E-state index contributed by atoms with van der Waals surface area (Å²) in [7, 11) is 0. The van der Waals surface area contributed by atoms with Gasteiger partial charge in [0.15, 0.2) is 0 Å². The molecule has 1 heterocycles. The van der Waals surface area contributed by atoms with E-state index in [1.54, 1.807) is 61.5 Å². The maximum Gasteiger partial charge on any atom is 0.338 e. The van der Waals surface area contributed by atoms with Gasteiger partial charge in [0.25, 0.3) is 0 Å². The molecule has 7 heteroatoms. The van der Waals surface area contributed by atoms with E-state index in [1.165, 1.54) is 11.8 Å². The van der Waals surface area contributed by atoms with Gasteiger partial charge in [0.2, 0.25) is 5.91 Å². The van der Waals surface area contributed by atoms with Crippen LogP contribution in [0.25, 0.3) is 0 Å². The summed E-state index contributed by atoms with van der Waals surface area (Å²) < 4.78 is 5.22. The van der Waals surface area contributed by atoms with Crippen LogP contribution in [0.5, 0.6) is 0 Å². The molecular formula is C22H21ClN2O4. The van der Waals surface area contributed by atoms with Crippen molar-refractivity contribution in [3.8, 4) is 0 Å². The van der Waals surface area contributed by atoms with Crippen LogP contribution in [0.3, 0.4) is 0 Å². The number of nitrogens with two attached hydrogens (primary N) is 1. The molecule has 0 spiro atoms. The predicted molar refractivity (Wildman–Crippen MR) is 110 cm³/mol. The summed E-state index contributed by atoms with van der Waals surface area (Å²) in [6.07, 6.45) is 0. The van der Waals surface area contributed by atoms with Gasteiger partial charge < -0.3 is 10.5 Å². The highest BCUT2D eigenvalue weighted by Gasteiger charge is 2.47. The number of esters is 1. The van der Waals surface area contributed by atoms with Crippen molar-refractivity contribution in [3.63, 3.8) is 0 Å². The molecule has 6 nitrogen and oxygen atoms in total. The standard InChI is InChI=1S/C22H21ClN2O4/c1-3-29-22(28)19-18(14-9-11-15(23)12-10-14)17(13(2)26)21(27)25(20(19)24)16-7-5-4-6-8-16/h4-12,17-18H,3,24H2,1-2H3. The molecule has 2 unspecified atom stereocenters. The molecule has 0 fully saturated rings. The van der Waals surface area contributed by atoms with Gasteiger partial charge in [0.1, 0.15) is 17.5 Å². The normalized spacial score (nSPS) is 19.3. The molecule has 1 aliphatic rings. The van der Waals surface area contributed by atoms with E-state index < -0.39 is 23.7 Å². The van der Waals surface area contributed by atoms with Crippen LogP contribution in [0.15, 0.2) is 66.0 Å². The lowest BCUT2D eigenvalue weighted by atomic mass is 9.75. The number of carbonyl (C=O) groups excluding carboxylic acids is 3. The first-order valence-corrected chi connectivity index (χ1v) is 9.56.